The van der Waals surface area contributed by atoms with Gasteiger partial charge in [-0.15, -0.1) is 0 Å². The number of nitrogens with zero attached hydrogens (tertiary/aromatic N) is 2. The van der Waals surface area contributed by atoms with Crippen molar-refractivity contribution < 1.29 is 9.53 Å². The lowest BCUT2D eigenvalue weighted by Crippen LogP contribution is -2.37. The molecule has 2 aromatic rings. The molecule has 1 N–H and O–H groups in total. The van der Waals surface area contributed by atoms with Crippen LogP contribution >= 0.6 is 0 Å². The molecule has 0 bridgehead atoms. The Morgan fingerprint density at radius 2 is 1.95 bits per heavy atom. The van der Waals surface area contributed by atoms with Crippen molar-refractivity contribution in [3.63, 3.8) is 0 Å². The van der Waals surface area contributed by atoms with Gasteiger partial charge in [-0.2, -0.15) is 0 Å². The number of carbonyl (C=O) groups is 1. The highest BCUT2D eigenvalue weighted by molar-refractivity contribution is 5.80. The average molecular weight is 271 g/mol. The Labute approximate surface area is 118 Å². The van der Waals surface area contributed by atoms with E-state index in [2.05, 4.69) is 15.3 Å². The van der Waals surface area contributed by atoms with Gasteiger partial charge in [-0.05, 0) is 31.0 Å². The maximum atomic E-state index is 11.9. The van der Waals surface area contributed by atoms with E-state index in [1.807, 2.05) is 30.3 Å². The molecule has 0 aliphatic rings. The average Bonchev–Trinajstić information content (AvgIpc) is 2.49. The zero-order valence-corrected chi connectivity index (χ0v) is 11.3. The topological polar surface area (TPSA) is 64.1 Å². The number of ether oxygens (including phenoxy) is 1. The van der Waals surface area contributed by atoms with Gasteiger partial charge in [0.05, 0.1) is 0 Å². The maximum Gasteiger partial charge on any atom is 0.260 e. The van der Waals surface area contributed by atoms with Crippen LogP contribution in [0.1, 0.15) is 12.5 Å². The first-order chi connectivity index (χ1) is 9.75. The fourth-order valence-corrected chi connectivity index (χ4v) is 1.69. The standard InChI is InChI=1S/C15H17N3O2/c1-12(20-14-5-3-2-4-6-14)15(19)18-8-7-13-9-16-11-17-10-13/h2-6,9-12H,7-8H2,1H3,(H,18,19). The lowest BCUT2D eigenvalue weighted by atomic mass is 10.2. The molecule has 104 valence electrons. The second-order valence-electron chi connectivity index (χ2n) is 4.36. The van der Waals surface area contributed by atoms with Crippen molar-refractivity contribution in [2.45, 2.75) is 19.4 Å². The maximum absolute atomic E-state index is 11.9. The zero-order chi connectivity index (χ0) is 14.2. The first kappa shape index (κ1) is 14.0. The summed E-state index contributed by atoms with van der Waals surface area (Å²) in [5.41, 5.74) is 0.990. The molecule has 0 aliphatic heterocycles. The Morgan fingerprint density at radius 1 is 1.25 bits per heavy atom. The summed E-state index contributed by atoms with van der Waals surface area (Å²) in [6.07, 6.45) is 5.14. The third-order valence-corrected chi connectivity index (χ3v) is 2.75. The van der Waals surface area contributed by atoms with E-state index in [0.717, 1.165) is 5.56 Å². The Morgan fingerprint density at radius 3 is 2.65 bits per heavy atom. The molecule has 5 nitrogen and oxygen atoms in total. The van der Waals surface area contributed by atoms with Crippen LogP contribution in [0.3, 0.4) is 0 Å². The van der Waals surface area contributed by atoms with Crippen molar-refractivity contribution in [1.82, 2.24) is 15.3 Å². The van der Waals surface area contributed by atoms with Gasteiger partial charge < -0.3 is 10.1 Å². The molecule has 0 aliphatic carbocycles. The predicted molar refractivity (Wildman–Crippen MR) is 75.3 cm³/mol. The largest absolute Gasteiger partial charge is 0.481 e. The van der Waals surface area contributed by atoms with E-state index in [1.54, 1.807) is 19.3 Å². The highest BCUT2D eigenvalue weighted by Gasteiger charge is 2.13. The van der Waals surface area contributed by atoms with Gasteiger partial charge in [-0.3, -0.25) is 4.79 Å². The summed E-state index contributed by atoms with van der Waals surface area (Å²) >= 11 is 0. The summed E-state index contributed by atoms with van der Waals surface area (Å²) in [7, 11) is 0. The fourth-order valence-electron chi connectivity index (χ4n) is 1.69. The van der Waals surface area contributed by atoms with E-state index in [9.17, 15) is 4.79 Å². The number of para-hydroxylation sites is 1. The predicted octanol–water partition coefficient (Wildman–Crippen LogP) is 1.60. The Bertz CT molecular complexity index is 531. The zero-order valence-electron chi connectivity index (χ0n) is 11.3. The van der Waals surface area contributed by atoms with Gasteiger partial charge in [-0.25, -0.2) is 9.97 Å². The number of aromatic nitrogens is 2. The van der Waals surface area contributed by atoms with Crippen molar-refractivity contribution in [2.75, 3.05) is 6.54 Å². The third kappa shape index (κ3) is 4.35. The third-order valence-electron chi connectivity index (χ3n) is 2.75. The first-order valence-electron chi connectivity index (χ1n) is 6.49. The van der Waals surface area contributed by atoms with Gasteiger partial charge in [0.25, 0.3) is 5.91 Å². The van der Waals surface area contributed by atoms with Gasteiger partial charge in [-0.1, -0.05) is 18.2 Å². The summed E-state index contributed by atoms with van der Waals surface area (Å²) in [6.45, 7) is 2.27. The smallest absolute Gasteiger partial charge is 0.260 e. The molecule has 1 aromatic carbocycles. The van der Waals surface area contributed by atoms with Crippen LogP contribution in [-0.4, -0.2) is 28.5 Å². The van der Waals surface area contributed by atoms with Gasteiger partial charge in [0.15, 0.2) is 6.10 Å². The normalized spacial score (nSPS) is 11.7. The molecular formula is C15H17N3O2. The van der Waals surface area contributed by atoms with Crippen LogP contribution in [0, 0.1) is 0 Å². The van der Waals surface area contributed by atoms with Crippen molar-refractivity contribution in [3.8, 4) is 5.75 Å². The fraction of sp³-hybridized carbons (Fsp3) is 0.267. The van der Waals surface area contributed by atoms with E-state index in [0.29, 0.717) is 18.7 Å². The molecule has 0 radical (unpaired) electrons. The summed E-state index contributed by atoms with van der Waals surface area (Å²) in [5.74, 6) is 0.553. The van der Waals surface area contributed by atoms with Crippen molar-refractivity contribution in [3.05, 3.63) is 54.6 Å². The van der Waals surface area contributed by atoms with E-state index < -0.39 is 6.10 Å². The molecule has 0 saturated heterocycles. The number of nitrogens with one attached hydrogen (secondary N) is 1. The minimum Gasteiger partial charge on any atom is -0.481 e. The van der Waals surface area contributed by atoms with Crippen LogP contribution in [0.15, 0.2) is 49.1 Å². The molecule has 0 fully saturated rings. The van der Waals surface area contributed by atoms with Crippen molar-refractivity contribution in [1.29, 1.82) is 0 Å². The van der Waals surface area contributed by atoms with Gasteiger partial charge >= 0.3 is 0 Å². The molecule has 5 heteroatoms. The Balaban J connectivity index is 1.74. The van der Waals surface area contributed by atoms with E-state index in [-0.39, 0.29) is 5.91 Å². The number of benzene rings is 1. The lowest BCUT2D eigenvalue weighted by molar-refractivity contribution is -0.127. The van der Waals surface area contributed by atoms with Crippen LogP contribution in [0.2, 0.25) is 0 Å². The van der Waals surface area contributed by atoms with Crippen LogP contribution in [0.25, 0.3) is 0 Å². The highest BCUT2D eigenvalue weighted by atomic mass is 16.5. The van der Waals surface area contributed by atoms with Crippen LogP contribution < -0.4 is 10.1 Å². The number of carbonyl (C=O) groups excluding carboxylic acids is 1. The monoisotopic (exact) mass is 271 g/mol. The summed E-state index contributed by atoms with van der Waals surface area (Å²) in [6, 6.07) is 9.29. The van der Waals surface area contributed by atoms with Gasteiger partial charge in [0, 0.05) is 18.9 Å². The molecule has 1 unspecified atom stereocenters. The van der Waals surface area contributed by atoms with Crippen molar-refractivity contribution in [2.24, 2.45) is 0 Å². The molecule has 1 amide bonds. The Hall–Kier alpha value is -2.43. The van der Waals surface area contributed by atoms with Crippen LogP contribution in [0.4, 0.5) is 0 Å². The van der Waals surface area contributed by atoms with E-state index in [1.165, 1.54) is 6.33 Å². The molecule has 20 heavy (non-hydrogen) atoms. The van der Waals surface area contributed by atoms with Gasteiger partial charge in [0.1, 0.15) is 12.1 Å². The minimum atomic E-state index is -0.524. The van der Waals surface area contributed by atoms with E-state index in [4.69, 9.17) is 4.74 Å². The van der Waals surface area contributed by atoms with Crippen molar-refractivity contribution >= 4 is 5.91 Å². The first-order valence-corrected chi connectivity index (χ1v) is 6.49. The number of amides is 1. The van der Waals surface area contributed by atoms with Crippen LogP contribution in [-0.2, 0) is 11.2 Å². The molecule has 1 atom stereocenters. The summed E-state index contributed by atoms with van der Waals surface area (Å²) in [5, 5.41) is 2.83. The SMILES string of the molecule is CC(Oc1ccccc1)C(=O)NCCc1cncnc1. The molecule has 0 saturated carbocycles. The summed E-state index contributed by atoms with van der Waals surface area (Å²) < 4.78 is 5.54. The Kier molecular flexibility index (Phi) is 5.06. The molecule has 1 heterocycles. The minimum absolute atomic E-state index is 0.134. The molecule has 2 rings (SSSR count). The molecule has 0 spiro atoms. The molecule has 1 aromatic heterocycles. The molecular weight excluding hydrogens is 254 g/mol. The number of rotatable bonds is 6. The lowest BCUT2D eigenvalue weighted by Gasteiger charge is -2.14. The van der Waals surface area contributed by atoms with Gasteiger partial charge in [0.2, 0.25) is 0 Å². The van der Waals surface area contributed by atoms with E-state index >= 15 is 0 Å². The van der Waals surface area contributed by atoms with Crippen LogP contribution in [0.5, 0.6) is 5.75 Å². The quantitative estimate of drug-likeness (QED) is 0.866. The second-order valence-corrected chi connectivity index (χ2v) is 4.36. The highest BCUT2D eigenvalue weighted by Crippen LogP contribution is 2.10. The second kappa shape index (κ2) is 7.23. The number of hydrogen-bond donors (Lipinski definition) is 1. The number of hydrogen-bond acceptors (Lipinski definition) is 4. The summed E-state index contributed by atoms with van der Waals surface area (Å²) in [4.78, 5) is 19.7.